The first-order valence-corrected chi connectivity index (χ1v) is 7.72. The van der Waals surface area contributed by atoms with Crippen LogP contribution in [0.5, 0.6) is 5.75 Å². The molecule has 0 saturated heterocycles. The van der Waals surface area contributed by atoms with Crippen LogP contribution in [-0.4, -0.2) is 27.6 Å². The summed E-state index contributed by atoms with van der Waals surface area (Å²) in [7, 11) is 0. The summed E-state index contributed by atoms with van der Waals surface area (Å²) in [4.78, 5) is 28.2. The van der Waals surface area contributed by atoms with Gasteiger partial charge in [0, 0.05) is 11.4 Å². The van der Waals surface area contributed by atoms with Gasteiger partial charge in [0.15, 0.2) is 0 Å². The van der Waals surface area contributed by atoms with E-state index in [1.54, 1.807) is 38.1 Å². The summed E-state index contributed by atoms with van der Waals surface area (Å²) in [5.41, 5.74) is 4.29. The van der Waals surface area contributed by atoms with Crippen LogP contribution in [0.25, 0.3) is 0 Å². The molecule has 2 aromatic rings. The van der Waals surface area contributed by atoms with Crippen molar-refractivity contribution in [1.29, 1.82) is 0 Å². The molecule has 2 amide bonds. The van der Waals surface area contributed by atoms with Crippen molar-refractivity contribution in [2.24, 2.45) is 5.10 Å². The lowest BCUT2D eigenvalue weighted by atomic mass is 10.1. The summed E-state index contributed by atoms with van der Waals surface area (Å²) in [5, 5.41) is 16.4. The number of hydrazone groups is 1. The molecule has 0 bridgehead atoms. The molecule has 0 radical (unpaired) electrons. The van der Waals surface area contributed by atoms with Crippen molar-refractivity contribution in [3.63, 3.8) is 0 Å². The Morgan fingerprint density at radius 3 is 2.60 bits per heavy atom. The number of amides is 2. The van der Waals surface area contributed by atoms with Gasteiger partial charge in [0.1, 0.15) is 11.6 Å². The van der Waals surface area contributed by atoms with Gasteiger partial charge in [-0.05, 0) is 44.5 Å². The summed E-state index contributed by atoms with van der Waals surface area (Å²) >= 11 is 0. The summed E-state index contributed by atoms with van der Waals surface area (Å²) in [6.45, 7) is 5.16. The minimum absolute atomic E-state index is 0.00962. The Hall–Kier alpha value is -3.22. The lowest BCUT2D eigenvalue weighted by molar-refractivity contribution is -0.115. The first-order chi connectivity index (χ1) is 11.9. The number of rotatable bonds is 5. The van der Waals surface area contributed by atoms with Gasteiger partial charge in [0.25, 0.3) is 5.91 Å². The molecule has 25 heavy (non-hydrogen) atoms. The highest BCUT2D eigenvalue weighted by molar-refractivity contribution is 6.06. The van der Waals surface area contributed by atoms with E-state index in [-0.39, 0.29) is 23.6 Å². The molecule has 1 aromatic heterocycles. The van der Waals surface area contributed by atoms with Crippen LogP contribution < -0.4 is 10.7 Å². The number of carbonyl (C=O) groups excluding carboxylic acids is 2. The van der Waals surface area contributed by atoms with Gasteiger partial charge in [0.05, 0.1) is 12.0 Å². The van der Waals surface area contributed by atoms with Crippen LogP contribution >= 0.6 is 0 Å². The zero-order chi connectivity index (χ0) is 18.4. The van der Waals surface area contributed by atoms with Gasteiger partial charge in [-0.1, -0.05) is 18.2 Å². The van der Waals surface area contributed by atoms with Gasteiger partial charge in [-0.15, -0.1) is 0 Å². The highest BCUT2D eigenvalue weighted by Gasteiger charge is 2.12. The van der Waals surface area contributed by atoms with Crippen LogP contribution in [-0.2, 0) is 4.79 Å². The molecule has 0 aliphatic carbocycles. The number of anilines is 1. The predicted octanol–water partition coefficient (Wildman–Crippen LogP) is 2.54. The molecule has 0 spiro atoms. The number of para-hydroxylation sites is 1. The van der Waals surface area contributed by atoms with Crippen LogP contribution in [0, 0.1) is 13.8 Å². The van der Waals surface area contributed by atoms with Crippen molar-refractivity contribution >= 4 is 23.3 Å². The molecule has 0 atom stereocenters. The van der Waals surface area contributed by atoms with Crippen molar-refractivity contribution in [3.05, 3.63) is 53.2 Å². The molecule has 0 unspecified atom stereocenters. The summed E-state index contributed by atoms with van der Waals surface area (Å²) in [5.74, 6) is -0.448. The second-order valence-corrected chi connectivity index (χ2v) is 5.65. The lowest BCUT2D eigenvalue weighted by Crippen LogP contribution is -2.22. The standard InChI is InChI=1S/C18H20N4O3/c1-11-6-4-8-14(17(11)24)18(25)22-21-13(3)10-16(23)20-15-9-5-7-12(2)19-15/h4-9,24H,10H2,1-3H3,(H,22,25)(H,19,20,23)/b21-13+. The van der Waals surface area contributed by atoms with Crippen molar-refractivity contribution in [1.82, 2.24) is 10.4 Å². The number of hydrogen-bond donors (Lipinski definition) is 3. The van der Waals surface area contributed by atoms with Crippen molar-refractivity contribution in [2.75, 3.05) is 5.32 Å². The molecule has 3 N–H and O–H groups in total. The van der Waals surface area contributed by atoms with Crippen LogP contribution in [0.15, 0.2) is 41.5 Å². The van der Waals surface area contributed by atoms with Gasteiger partial charge < -0.3 is 10.4 Å². The number of pyridine rings is 1. The van der Waals surface area contributed by atoms with Crippen molar-refractivity contribution in [3.8, 4) is 5.75 Å². The third-order valence-electron chi connectivity index (χ3n) is 3.40. The number of nitrogens with zero attached hydrogens (tertiary/aromatic N) is 2. The number of aromatic nitrogens is 1. The molecular weight excluding hydrogens is 320 g/mol. The fourth-order valence-electron chi connectivity index (χ4n) is 2.12. The third-order valence-corrected chi connectivity index (χ3v) is 3.40. The zero-order valence-corrected chi connectivity index (χ0v) is 14.3. The van der Waals surface area contributed by atoms with Crippen LogP contribution in [0.1, 0.15) is 35.0 Å². The molecule has 130 valence electrons. The number of phenols is 1. The smallest absolute Gasteiger partial charge is 0.275 e. The number of nitrogens with one attached hydrogen (secondary N) is 2. The van der Waals surface area contributed by atoms with E-state index in [9.17, 15) is 14.7 Å². The molecule has 0 fully saturated rings. The first kappa shape index (κ1) is 18.1. The highest BCUT2D eigenvalue weighted by atomic mass is 16.3. The quantitative estimate of drug-likeness (QED) is 0.575. The fourth-order valence-corrected chi connectivity index (χ4v) is 2.12. The van der Waals surface area contributed by atoms with E-state index in [0.29, 0.717) is 17.1 Å². The molecule has 0 saturated carbocycles. The predicted molar refractivity (Wildman–Crippen MR) is 95.6 cm³/mol. The van der Waals surface area contributed by atoms with Crippen LogP contribution in [0.4, 0.5) is 5.82 Å². The molecular formula is C18H20N4O3. The topological polar surface area (TPSA) is 104 Å². The highest BCUT2D eigenvalue weighted by Crippen LogP contribution is 2.21. The fraction of sp³-hybridized carbons (Fsp3) is 0.222. The normalized spacial score (nSPS) is 11.1. The van der Waals surface area contributed by atoms with E-state index in [1.165, 1.54) is 6.07 Å². The molecule has 1 aromatic carbocycles. The van der Waals surface area contributed by atoms with E-state index in [4.69, 9.17) is 0 Å². The SMILES string of the molecule is C/C(CC(=O)Nc1cccc(C)n1)=N\NC(=O)c1cccc(C)c1O. The summed E-state index contributed by atoms with van der Waals surface area (Å²) in [6.07, 6.45) is 0.00962. The maximum atomic E-state index is 12.0. The maximum Gasteiger partial charge on any atom is 0.275 e. The monoisotopic (exact) mass is 340 g/mol. The Labute approximate surface area is 145 Å². The Kier molecular flexibility index (Phi) is 5.84. The largest absolute Gasteiger partial charge is 0.507 e. The molecule has 7 heteroatoms. The first-order valence-electron chi connectivity index (χ1n) is 7.72. The number of aromatic hydroxyl groups is 1. The lowest BCUT2D eigenvalue weighted by Gasteiger charge is -2.07. The third kappa shape index (κ3) is 5.13. The Morgan fingerprint density at radius 2 is 1.88 bits per heavy atom. The summed E-state index contributed by atoms with van der Waals surface area (Å²) < 4.78 is 0. The molecule has 1 heterocycles. The van der Waals surface area contributed by atoms with Gasteiger partial charge in [0.2, 0.25) is 5.91 Å². The number of hydrogen-bond acceptors (Lipinski definition) is 5. The Morgan fingerprint density at radius 1 is 1.16 bits per heavy atom. The number of phenolic OH excluding ortho intramolecular Hbond substituents is 1. The van der Waals surface area contributed by atoms with Gasteiger partial charge in [-0.3, -0.25) is 9.59 Å². The summed E-state index contributed by atoms with van der Waals surface area (Å²) in [6, 6.07) is 10.2. The van der Waals surface area contributed by atoms with E-state index >= 15 is 0 Å². The molecule has 7 nitrogen and oxygen atoms in total. The van der Waals surface area contributed by atoms with Gasteiger partial charge >= 0.3 is 0 Å². The number of carbonyl (C=O) groups is 2. The van der Waals surface area contributed by atoms with Crippen molar-refractivity contribution < 1.29 is 14.7 Å². The second-order valence-electron chi connectivity index (χ2n) is 5.65. The van der Waals surface area contributed by atoms with E-state index < -0.39 is 5.91 Å². The average molecular weight is 340 g/mol. The zero-order valence-electron chi connectivity index (χ0n) is 14.3. The minimum Gasteiger partial charge on any atom is -0.507 e. The Bertz CT molecular complexity index is 831. The van der Waals surface area contributed by atoms with E-state index in [0.717, 1.165) is 5.69 Å². The Balaban J connectivity index is 1.93. The maximum absolute atomic E-state index is 12.0. The van der Waals surface area contributed by atoms with E-state index in [2.05, 4.69) is 20.8 Å². The average Bonchev–Trinajstić information content (AvgIpc) is 2.55. The van der Waals surface area contributed by atoms with Crippen LogP contribution in [0.2, 0.25) is 0 Å². The van der Waals surface area contributed by atoms with Crippen LogP contribution in [0.3, 0.4) is 0 Å². The van der Waals surface area contributed by atoms with Gasteiger partial charge in [-0.25, -0.2) is 10.4 Å². The van der Waals surface area contributed by atoms with Gasteiger partial charge in [-0.2, -0.15) is 5.10 Å². The molecule has 0 aliphatic heterocycles. The molecule has 2 rings (SSSR count). The molecule has 0 aliphatic rings. The minimum atomic E-state index is -0.540. The van der Waals surface area contributed by atoms with E-state index in [1.807, 2.05) is 13.0 Å². The van der Waals surface area contributed by atoms with Crippen molar-refractivity contribution in [2.45, 2.75) is 27.2 Å². The number of benzene rings is 1. The number of aryl methyl sites for hydroxylation is 2. The second kappa shape index (κ2) is 8.05.